The maximum Gasteiger partial charge on any atom is 0.251 e. The van der Waals surface area contributed by atoms with Crippen molar-refractivity contribution in [1.82, 2.24) is 4.98 Å². The van der Waals surface area contributed by atoms with E-state index in [-0.39, 0.29) is 12.5 Å². The molecule has 0 atom stereocenters. The number of hydrogen-bond donors (Lipinski definition) is 1. The maximum absolute atomic E-state index is 11.7. The van der Waals surface area contributed by atoms with Crippen molar-refractivity contribution in [3.63, 3.8) is 0 Å². The minimum Gasteiger partial charge on any atom is -0.464 e. The monoisotopic (exact) mass is 294 g/mol. The van der Waals surface area contributed by atoms with Gasteiger partial charge in [0.15, 0.2) is 0 Å². The van der Waals surface area contributed by atoms with Gasteiger partial charge in [-0.1, -0.05) is 0 Å². The first-order valence-corrected chi connectivity index (χ1v) is 6.57. The summed E-state index contributed by atoms with van der Waals surface area (Å²) in [7, 11) is 1.61. The topological polar surface area (TPSA) is 82.8 Å². The molecule has 0 aliphatic heterocycles. The van der Waals surface area contributed by atoms with Crippen LogP contribution in [0.25, 0.3) is 11.0 Å². The number of fused-ring (bicyclic) bond motifs is 1. The number of nitrogens with zero attached hydrogens (tertiary/aromatic N) is 1. The molecule has 2 heterocycles. The quantitative estimate of drug-likeness (QED) is 0.705. The molecule has 114 valence electrons. The molecule has 7 heteroatoms. The Morgan fingerprint density at radius 1 is 1.24 bits per heavy atom. The first-order valence-electron chi connectivity index (χ1n) is 6.57. The first-order chi connectivity index (χ1) is 10.3. The van der Waals surface area contributed by atoms with E-state index in [1.807, 2.05) is 0 Å². The first kappa shape index (κ1) is 15.4. The Hall–Kier alpha value is -1.96. The second-order valence-corrected chi connectivity index (χ2v) is 4.20. The van der Waals surface area contributed by atoms with Gasteiger partial charge in [0.1, 0.15) is 18.0 Å². The Balaban J connectivity index is 1.69. The number of hydrogen-bond acceptors (Lipinski definition) is 6. The third kappa shape index (κ3) is 4.82. The molecule has 2 aromatic heterocycles. The van der Waals surface area contributed by atoms with Crippen molar-refractivity contribution in [3.8, 4) is 0 Å². The molecule has 0 aliphatic carbocycles. The normalized spacial score (nSPS) is 10.9. The number of nitrogens with one attached hydrogen (secondary N) is 1. The van der Waals surface area contributed by atoms with Crippen molar-refractivity contribution >= 4 is 22.7 Å². The van der Waals surface area contributed by atoms with Crippen LogP contribution in [0.5, 0.6) is 0 Å². The Kier molecular flexibility index (Phi) is 6.14. The van der Waals surface area contributed by atoms with E-state index in [0.29, 0.717) is 37.8 Å². The molecule has 0 unspecified atom stereocenters. The maximum atomic E-state index is 11.7. The molecule has 0 saturated heterocycles. The molecule has 0 radical (unpaired) electrons. The van der Waals surface area contributed by atoms with Gasteiger partial charge in [-0.25, -0.2) is 4.98 Å². The number of methoxy groups -OCH3 is 1. The largest absolute Gasteiger partial charge is 0.464 e. The highest BCUT2D eigenvalue weighted by molar-refractivity contribution is 5.99. The van der Waals surface area contributed by atoms with Crippen LogP contribution in [-0.2, 0) is 19.0 Å². The molecule has 2 aromatic rings. The van der Waals surface area contributed by atoms with Crippen LogP contribution in [0.1, 0.15) is 0 Å². The highest BCUT2D eigenvalue weighted by Crippen LogP contribution is 2.21. The SMILES string of the molecule is COCCOCCOCC(=O)Nc1nccc2occc12. The summed E-state index contributed by atoms with van der Waals surface area (Å²) in [5.41, 5.74) is 0.674. The molecule has 0 spiro atoms. The van der Waals surface area contributed by atoms with Crippen LogP contribution >= 0.6 is 0 Å². The van der Waals surface area contributed by atoms with Crippen molar-refractivity contribution in [2.75, 3.05) is 45.5 Å². The van der Waals surface area contributed by atoms with E-state index in [9.17, 15) is 4.79 Å². The number of furan rings is 1. The van der Waals surface area contributed by atoms with E-state index in [1.54, 1.807) is 31.7 Å². The van der Waals surface area contributed by atoms with E-state index in [4.69, 9.17) is 18.6 Å². The smallest absolute Gasteiger partial charge is 0.251 e. The minimum absolute atomic E-state index is 0.0520. The number of amides is 1. The number of pyridine rings is 1. The zero-order chi connectivity index (χ0) is 14.9. The summed E-state index contributed by atoms with van der Waals surface area (Å²) in [5, 5.41) is 3.44. The highest BCUT2D eigenvalue weighted by Gasteiger charge is 2.08. The van der Waals surface area contributed by atoms with Gasteiger partial charge in [-0.15, -0.1) is 0 Å². The van der Waals surface area contributed by atoms with Crippen LogP contribution in [0.4, 0.5) is 5.82 Å². The zero-order valence-electron chi connectivity index (χ0n) is 11.8. The molecule has 0 aliphatic rings. The van der Waals surface area contributed by atoms with Crippen molar-refractivity contribution < 1.29 is 23.4 Å². The highest BCUT2D eigenvalue weighted by atomic mass is 16.5. The second-order valence-electron chi connectivity index (χ2n) is 4.20. The van der Waals surface area contributed by atoms with E-state index >= 15 is 0 Å². The standard InChI is InChI=1S/C14H18N2O5/c1-18-6-7-19-8-9-20-10-13(17)16-14-11-3-5-21-12(11)2-4-15-14/h2-5H,6-10H2,1H3,(H,15,16,17). The van der Waals surface area contributed by atoms with Gasteiger partial charge in [0.25, 0.3) is 5.91 Å². The number of ether oxygens (including phenoxy) is 3. The molecular formula is C14H18N2O5. The van der Waals surface area contributed by atoms with E-state index < -0.39 is 0 Å². The molecule has 0 saturated carbocycles. The van der Waals surface area contributed by atoms with Crippen molar-refractivity contribution in [3.05, 3.63) is 24.6 Å². The third-order valence-corrected chi connectivity index (χ3v) is 2.67. The van der Waals surface area contributed by atoms with Gasteiger partial charge in [0.05, 0.1) is 38.1 Å². The van der Waals surface area contributed by atoms with Gasteiger partial charge in [-0.2, -0.15) is 0 Å². The average Bonchev–Trinajstić information content (AvgIpc) is 2.96. The summed E-state index contributed by atoms with van der Waals surface area (Å²) < 4.78 is 20.5. The summed E-state index contributed by atoms with van der Waals surface area (Å²) in [6.07, 6.45) is 3.13. The fourth-order valence-electron chi connectivity index (χ4n) is 1.69. The summed E-state index contributed by atoms with van der Waals surface area (Å²) >= 11 is 0. The van der Waals surface area contributed by atoms with Crippen molar-refractivity contribution in [1.29, 1.82) is 0 Å². The Bertz CT molecular complexity index is 569. The van der Waals surface area contributed by atoms with Gasteiger partial charge < -0.3 is 23.9 Å². The summed E-state index contributed by atoms with van der Waals surface area (Å²) in [6.45, 7) is 1.77. The van der Waals surface area contributed by atoms with Crippen LogP contribution in [0.2, 0.25) is 0 Å². The van der Waals surface area contributed by atoms with Gasteiger partial charge in [0.2, 0.25) is 0 Å². The molecule has 7 nitrogen and oxygen atoms in total. The Morgan fingerprint density at radius 2 is 2.05 bits per heavy atom. The summed E-state index contributed by atoms with van der Waals surface area (Å²) in [4.78, 5) is 15.9. The summed E-state index contributed by atoms with van der Waals surface area (Å²) in [6, 6.07) is 3.49. The lowest BCUT2D eigenvalue weighted by molar-refractivity contribution is -0.121. The predicted octanol–water partition coefficient (Wildman–Crippen LogP) is 1.45. The number of aromatic nitrogens is 1. The lowest BCUT2D eigenvalue weighted by Gasteiger charge is -2.07. The van der Waals surface area contributed by atoms with Crippen molar-refractivity contribution in [2.45, 2.75) is 0 Å². The number of rotatable bonds is 9. The van der Waals surface area contributed by atoms with Crippen molar-refractivity contribution in [2.24, 2.45) is 0 Å². The third-order valence-electron chi connectivity index (χ3n) is 2.67. The van der Waals surface area contributed by atoms with Crippen LogP contribution < -0.4 is 5.32 Å². The molecule has 21 heavy (non-hydrogen) atoms. The van der Waals surface area contributed by atoms with Crippen LogP contribution in [-0.4, -0.2) is 51.0 Å². The molecule has 1 N–H and O–H groups in total. The Morgan fingerprint density at radius 3 is 2.90 bits per heavy atom. The van der Waals surface area contributed by atoms with Gasteiger partial charge in [0, 0.05) is 13.3 Å². The molecule has 0 bridgehead atoms. The molecule has 1 amide bonds. The number of carbonyl (C=O) groups is 1. The Labute approximate surface area is 122 Å². The lowest BCUT2D eigenvalue weighted by Crippen LogP contribution is -2.20. The molecule has 0 aromatic carbocycles. The van der Waals surface area contributed by atoms with Gasteiger partial charge >= 0.3 is 0 Å². The molecular weight excluding hydrogens is 276 g/mol. The van der Waals surface area contributed by atoms with E-state index in [1.165, 1.54) is 0 Å². The minimum atomic E-state index is -0.270. The van der Waals surface area contributed by atoms with Crippen LogP contribution in [0.15, 0.2) is 29.0 Å². The summed E-state index contributed by atoms with van der Waals surface area (Å²) in [5.74, 6) is 0.194. The van der Waals surface area contributed by atoms with E-state index in [2.05, 4.69) is 10.3 Å². The number of anilines is 1. The molecule has 2 rings (SSSR count). The van der Waals surface area contributed by atoms with Crippen LogP contribution in [0, 0.1) is 0 Å². The zero-order valence-corrected chi connectivity index (χ0v) is 11.8. The van der Waals surface area contributed by atoms with Crippen LogP contribution in [0.3, 0.4) is 0 Å². The lowest BCUT2D eigenvalue weighted by atomic mass is 10.3. The van der Waals surface area contributed by atoms with Gasteiger partial charge in [-0.05, 0) is 12.1 Å². The van der Waals surface area contributed by atoms with E-state index in [0.717, 1.165) is 5.39 Å². The fourth-order valence-corrected chi connectivity index (χ4v) is 1.69. The fraction of sp³-hybridized carbons (Fsp3) is 0.429. The second kappa shape index (κ2) is 8.35. The average molecular weight is 294 g/mol. The predicted molar refractivity (Wildman–Crippen MR) is 76.2 cm³/mol. The molecule has 0 fully saturated rings. The van der Waals surface area contributed by atoms with Gasteiger partial charge in [-0.3, -0.25) is 4.79 Å². The number of carbonyl (C=O) groups excluding carboxylic acids is 1.